The van der Waals surface area contributed by atoms with Crippen molar-refractivity contribution in [2.75, 3.05) is 0 Å². The van der Waals surface area contributed by atoms with Gasteiger partial charge in [-0.15, -0.1) is 21.5 Å². The third-order valence-electron chi connectivity index (χ3n) is 2.68. The monoisotopic (exact) mass is 274 g/mol. The zero-order chi connectivity index (χ0) is 13.2. The molecule has 0 radical (unpaired) electrons. The van der Waals surface area contributed by atoms with Crippen LogP contribution in [-0.2, 0) is 6.42 Å². The predicted octanol–water partition coefficient (Wildman–Crippen LogP) is 2.76. The molecular formula is C13H11FN4S. The van der Waals surface area contributed by atoms with Crippen LogP contribution in [0.2, 0.25) is 0 Å². The summed E-state index contributed by atoms with van der Waals surface area (Å²) >= 11 is 1.59. The lowest BCUT2D eigenvalue weighted by atomic mass is 10.3. The van der Waals surface area contributed by atoms with Gasteiger partial charge in [0.05, 0.1) is 12.1 Å². The molecule has 0 saturated carbocycles. The Balaban J connectivity index is 1.94. The Morgan fingerprint density at radius 1 is 1.37 bits per heavy atom. The Hall–Kier alpha value is -2.08. The fraction of sp³-hybridized carbons (Fsp3) is 0.154. The zero-order valence-electron chi connectivity index (χ0n) is 10.2. The first-order valence-corrected chi connectivity index (χ1v) is 6.66. The quantitative estimate of drug-likeness (QED) is 0.737. The Bertz CT molecular complexity index is 704. The highest BCUT2D eigenvalue weighted by Crippen LogP contribution is 2.16. The summed E-state index contributed by atoms with van der Waals surface area (Å²) < 4.78 is 15.0. The summed E-state index contributed by atoms with van der Waals surface area (Å²) in [6, 6.07) is 6.36. The molecule has 3 rings (SSSR count). The van der Waals surface area contributed by atoms with E-state index in [4.69, 9.17) is 0 Å². The minimum Gasteiger partial charge on any atom is -0.285 e. The fourth-order valence-electron chi connectivity index (χ4n) is 1.84. The maximum Gasteiger partial charge on any atom is 0.144 e. The van der Waals surface area contributed by atoms with Gasteiger partial charge < -0.3 is 0 Å². The minimum atomic E-state index is -0.276. The highest BCUT2D eigenvalue weighted by atomic mass is 32.1. The van der Waals surface area contributed by atoms with Crippen LogP contribution in [0, 0.1) is 12.7 Å². The van der Waals surface area contributed by atoms with E-state index in [0.717, 1.165) is 16.5 Å². The van der Waals surface area contributed by atoms with Crippen LogP contribution in [0.4, 0.5) is 4.39 Å². The summed E-state index contributed by atoms with van der Waals surface area (Å²) in [7, 11) is 0. The second-order valence-corrected chi connectivity index (χ2v) is 5.10. The number of rotatable bonds is 3. The number of aryl methyl sites for hydroxylation is 1. The molecule has 2 aromatic heterocycles. The van der Waals surface area contributed by atoms with Gasteiger partial charge in [-0.25, -0.2) is 9.37 Å². The third kappa shape index (κ3) is 2.53. The summed E-state index contributed by atoms with van der Waals surface area (Å²) in [5, 5.41) is 11.0. The van der Waals surface area contributed by atoms with E-state index in [-0.39, 0.29) is 5.82 Å². The molecule has 0 bridgehead atoms. The molecule has 0 aliphatic rings. The van der Waals surface area contributed by atoms with Crippen LogP contribution in [-0.4, -0.2) is 19.7 Å². The van der Waals surface area contributed by atoms with Crippen molar-refractivity contribution < 1.29 is 4.39 Å². The summed E-state index contributed by atoms with van der Waals surface area (Å²) in [4.78, 5) is 4.40. The van der Waals surface area contributed by atoms with Crippen molar-refractivity contribution in [3.8, 4) is 5.69 Å². The Morgan fingerprint density at radius 3 is 3.00 bits per heavy atom. The predicted molar refractivity (Wildman–Crippen MR) is 71.0 cm³/mol. The number of nitrogens with zero attached hydrogens (tertiary/aromatic N) is 4. The average Bonchev–Trinajstić information content (AvgIpc) is 2.99. The molecule has 1 aromatic carbocycles. The molecule has 19 heavy (non-hydrogen) atoms. The third-order valence-corrected chi connectivity index (χ3v) is 3.65. The van der Waals surface area contributed by atoms with Crippen LogP contribution in [0.5, 0.6) is 0 Å². The van der Waals surface area contributed by atoms with Gasteiger partial charge in [0.1, 0.15) is 23.0 Å². The first-order valence-electron chi connectivity index (χ1n) is 5.78. The van der Waals surface area contributed by atoms with Crippen molar-refractivity contribution >= 4 is 11.3 Å². The molecule has 96 valence electrons. The van der Waals surface area contributed by atoms with Crippen molar-refractivity contribution in [1.82, 2.24) is 19.7 Å². The van der Waals surface area contributed by atoms with Gasteiger partial charge in [0.2, 0.25) is 0 Å². The average molecular weight is 274 g/mol. The van der Waals surface area contributed by atoms with Crippen molar-refractivity contribution in [2.24, 2.45) is 0 Å². The van der Waals surface area contributed by atoms with Crippen molar-refractivity contribution in [1.29, 1.82) is 0 Å². The molecule has 0 saturated heterocycles. The summed E-state index contributed by atoms with van der Waals surface area (Å²) in [5.41, 5.74) is 1.71. The number of hydrogen-bond acceptors (Lipinski definition) is 4. The molecule has 0 amide bonds. The molecule has 3 aromatic rings. The normalized spacial score (nSPS) is 10.8. The Labute approximate surface area is 113 Å². The first-order chi connectivity index (χ1) is 9.22. The molecule has 2 heterocycles. The molecule has 0 unspecified atom stereocenters. The first kappa shape index (κ1) is 12.0. The van der Waals surface area contributed by atoms with Crippen LogP contribution in [0.25, 0.3) is 5.69 Å². The van der Waals surface area contributed by atoms with Gasteiger partial charge in [-0.1, -0.05) is 6.07 Å². The molecule has 0 fully saturated rings. The lowest BCUT2D eigenvalue weighted by molar-refractivity contribution is 0.626. The van der Waals surface area contributed by atoms with Gasteiger partial charge >= 0.3 is 0 Å². The van der Waals surface area contributed by atoms with E-state index in [1.54, 1.807) is 28.3 Å². The topological polar surface area (TPSA) is 43.6 Å². The van der Waals surface area contributed by atoms with Crippen LogP contribution in [0.3, 0.4) is 0 Å². The molecule has 0 N–H and O–H groups in total. The van der Waals surface area contributed by atoms with Gasteiger partial charge in [-0.2, -0.15) is 0 Å². The molecule has 0 aliphatic heterocycles. The van der Waals surface area contributed by atoms with Gasteiger partial charge in [0.25, 0.3) is 0 Å². The van der Waals surface area contributed by atoms with E-state index in [1.165, 1.54) is 12.1 Å². The van der Waals surface area contributed by atoms with E-state index in [1.807, 2.05) is 18.4 Å². The van der Waals surface area contributed by atoms with Gasteiger partial charge in [0.15, 0.2) is 0 Å². The van der Waals surface area contributed by atoms with Crippen molar-refractivity contribution in [3.05, 3.63) is 58.3 Å². The zero-order valence-corrected chi connectivity index (χ0v) is 11.1. The van der Waals surface area contributed by atoms with E-state index in [9.17, 15) is 4.39 Å². The lowest BCUT2D eigenvalue weighted by Gasteiger charge is -2.05. The molecular weight excluding hydrogens is 263 g/mol. The second kappa shape index (κ2) is 4.89. The number of halogens is 1. The SMILES string of the molecule is Cc1csc(Cc2nncn2-c2cccc(F)c2)n1. The largest absolute Gasteiger partial charge is 0.285 e. The summed E-state index contributed by atoms with van der Waals surface area (Å²) in [6.07, 6.45) is 2.18. The van der Waals surface area contributed by atoms with E-state index >= 15 is 0 Å². The number of thiazole rings is 1. The van der Waals surface area contributed by atoms with Gasteiger partial charge in [0, 0.05) is 11.1 Å². The van der Waals surface area contributed by atoms with Crippen LogP contribution in [0.15, 0.2) is 36.0 Å². The van der Waals surface area contributed by atoms with Crippen molar-refractivity contribution in [3.63, 3.8) is 0 Å². The molecule has 6 heteroatoms. The minimum absolute atomic E-state index is 0.276. The molecule has 0 spiro atoms. The van der Waals surface area contributed by atoms with Crippen molar-refractivity contribution in [2.45, 2.75) is 13.3 Å². The number of benzene rings is 1. The van der Waals surface area contributed by atoms with Gasteiger partial charge in [-0.05, 0) is 25.1 Å². The highest BCUT2D eigenvalue weighted by molar-refractivity contribution is 7.09. The molecule has 4 nitrogen and oxygen atoms in total. The Kier molecular flexibility index (Phi) is 3.08. The molecule has 0 atom stereocenters. The highest BCUT2D eigenvalue weighted by Gasteiger charge is 2.10. The summed E-state index contributed by atoms with van der Waals surface area (Å²) in [6.45, 7) is 1.96. The maximum absolute atomic E-state index is 13.3. The van der Waals surface area contributed by atoms with Crippen LogP contribution in [0.1, 0.15) is 16.5 Å². The van der Waals surface area contributed by atoms with Gasteiger partial charge in [-0.3, -0.25) is 4.57 Å². The fourth-order valence-corrected chi connectivity index (χ4v) is 2.61. The van der Waals surface area contributed by atoms with E-state index in [0.29, 0.717) is 12.1 Å². The van der Waals surface area contributed by atoms with E-state index < -0.39 is 0 Å². The Morgan fingerprint density at radius 2 is 2.26 bits per heavy atom. The number of hydrogen-bond donors (Lipinski definition) is 0. The molecule has 0 aliphatic carbocycles. The van der Waals surface area contributed by atoms with Crippen LogP contribution < -0.4 is 0 Å². The number of aromatic nitrogens is 4. The van der Waals surface area contributed by atoms with E-state index in [2.05, 4.69) is 15.2 Å². The summed E-state index contributed by atoms with van der Waals surface area (Å²) in [5.74, 6) is 0.474. The maximum atomic E-state index is 13.3. The lowest BCUT2D eigenvalue weighted by Crippen LogP contribution is -2.01. The van der Waals surface area contributed by atoms with Crippen LogP contribution >= 0.6 is 11.3 Å². The standard InChI is InChI=1S/C13H11FN4S/c1-9-7-19-13(16-9)6-12-17-15-8-18(12)11-4-2-3-10(14)5-11/h2-5,7-8H,6H2,1H3. The second-order valence-electron chi connectivity index (χ2n) is 4.16. The smallest absolute Gasteiger partial charge is 0.144 e.